The molecule has 0 unspecified atom stereocenters. The Labute approximate surface area is 90.3 Å². The molecule has 2 fully saturated rings. The van der Waals surface area contributed by atoms with Crippen molar-refractivity contribution in [3.8, 4) is 0 Å². The maximum Gasteiger partial charge on any atom is 0.323 e. The van der Waals surface area contributed by atoms with Crippen molar-refractivity contribution in [1.29, 1.82) is 0 Å². The average molecular weight is 213 g/mol. The largest absolute Gasteiger partial charge is 0.461 e. The maximum absolute atomic E-state index is 11.7. The van der Waals surface area contributed by atoms with Crippen LogP contribution in [0.1, 0.15) is 32.1 Å². The summed E-state index contributed by atoms with van der Waals surface area (Å²) in [7, 11) is 0. The molecule has 1 N–H and O–H groups in total. The Morgan fingerprint density at radius 2 is 2.00 bits per heavy atom. The summed E-state index contributed by atoms with van der Waals surface area (Å²) in [6, 6.07) is -0.0680. The topological polar surface area (TPSA) is 47.6 Å². The number of nitrogens with one attached hydrogen (secondary N) is 1. The Kier molecular flexibility index (Phi) is 3.97. The molecule has 0 aromatic rings. The Morgan fingerprint density at radius 3 is 2.67 bits per heavy atom. The summed E-state index contributed by atoms with van der Waals surface area (Å²) >= 11 is 0. The molecule has 4 nitrogen and oxygen atoms in total. The highest BCUT2D eigenvalue weighted by molar-refractivity contribution is 5.76. The van der Waals surface area contributed by atoms with Crippen LogP contribution in [0.5, 0.6) is 0 Å². The van der Waals surface area contributed by atoms with Crippen molar-refractivity contribution in [2.75, 3.05) is 19.8 Å². The minimum absolute atomic E-state index is 0.0680. The van der Waals surface area contributed by atoms with E-state index in [1.807, 2.05) is 0 Å². The first-order valence-electron chi connectivity index (χ1n) is 5.88. The molecule has 0 aromatic heterocycles. The number of hydrogen-bond acceptors (Lipinski definition) is 4. The van der Waals surface area contributed by atoms with Crippen LogP contribution >= 0.6 is 0 Å². The van der Waals surface area contributed by atoms with E-state index in [0.717, 1.165) is 45.4 Å². The Morgan fingerprint density at radius 1 is 1.20 bits per heavy atom. The lowest BCUT2D eigenvalue weighted by Gasteiger charge is -2.27. The number of piperidine rings is 1. The van der Waals surface area contributed by atoms with E-state index in [9.17, 15) is 4.79 Å². The van der Waals surface area contributed by atoms with E-state index in [2.05, 4.69) is 5.32 Å². The summed E-state index contributed by atoms with van der Waals surface area (Å²) in [5.41, 5.74) is 0. The zero-order valence-corrected chi connectivity index (χ0v) is 9.04. The van der Waals surface area contributed by atoms with E-state index in [4.69, 9.17) is 9.47 Å². The highest BCUT2D eigenvalue weighted by atomic mass is 16.6. The van der Waals surface area contributed by atoms with Gasteiger partial charge in [-0.25, -0.2) is 0 Å². The van der Waals surface area contributed by atoms with Gasteiger partial charge in [0.15, 0.2) is 0 Å². The number of esters is 1. The van der Waals surface area contributed by atoms with E-state index >= 15 is 0 Å². The predicted molar refractivity (Wildman–Crippen MR) is 55.6 cm³/mol. The Balaban J connectivity index is 1.74. The highest BCUT2D eigenvalue weighted by Gasteiger charge is 2.25. The van der Waals surface area contributed by atoms with Gasteiger partial charge in [0, 0.05) is 12.8 Å². The first-order chi connectivity index (χ1) is 7.36. The Bertz CT molecular complexity index is 208. The third kappa shape index (κ3) is 3.18. The van der Waals surface area contributed by atoms with E-state index in [1.54, 1.807) is 0 Å². The number of carbonyl (C=O) groups excluding carboxylic acids is 1. The van der Waals surface area contributed by atoms with Gasteiger partial charge in [-0.1, -0.05) is 6.42 Å². The average Bonchev–Trinajstić information content (AvgIpc) is 2.31. The van der Waals surface area contributed by atoms with Crippen LogP contribution < -0.4 is 5.32 Å². The molecule has 4 heteroatoms. The van der Waals surface area contributed by atoms with E-state index in [0.29, 0.717) is 0 Å². The molecule has 0 amide bonds. The molecule has 0 bridgehead atoms. The van der Waals surface area contributed by atoms with Gasteiger partial charge in [-0.3, -0.25) is 4.79 Å². The fourth-order valence-corrected chi connectivity index (χ4v) is 2.09. The van der Waals surface area contributed by atoms with Gasteiger partial charge in [-0.15, -0.1) is 0 Å². The van der Waals surface area contributed by atoms with Crippen LogP contribution in [0.4, 0.5) is 0 Å². The molecule has 2 saturated heterocycles. The molecule has 2 aliphatic rings. The summed E-state index contributed by atoms with van der Waals surface area (Å²) in [6.45, 7) is 2.37. The molecule has 0 saturated carbocycles. The zero-order valence-electron chi connectivity index (χ0n) is 9.04. The molecular weight excluding hydrogens is 194 g/mol. The van der Waals surface area contributed by atoms with Crippen LogP contribution in [-0.4, -0.2) is 37.9 Å². The quantitative estimate of drug-likeness (QED) is 0.691. The van der Waals surface area contributed by atoms with Crippen molar-refractivity contribution in [1.82, 2.24) is 5.32 Å². The number of ether oxygens (including phenoxy) is 2. The second-order valence-corrected chi connectivity index (χ2v) is 4.25. The van der Waals surface area contributed by atoms with Crippen molar-refractivity contribution >= 4 is 5.97 Å². The van der Waals surface area contributed by atoms with E-state index in [1.165, 1.54) is 6.42 Å². The van der Waals surface area contributed by atoms with Gasteiger partial charge in [0.05, 0.1) is 13.2 Å². The van der Waals surface area contributed by atoms with Crippen LogP contribution in [0.3, 0.4) is 0 Å². The normalized spacial score (nSPS) is 28.7. The predicted octanol–water partition coefficient (Wildman–Crippen LogP) is 0.851. The van der Waals surface area contributed by atoms with Gasteiger partial charge in [0.1, 0.15) is 12.1 Å². The molecule has 86 valence electrons. The molecule has 2 aliphatic heterocycles. The van der Waals surface area contributed by atoms with Gasteiger partial charge in [-0.2, -0.15) is 0 Å². The van der Waals surface area contributed by atoms with Crippen LogP contribution in [0, 0.1) is 0 Å². The third-order valence-corrected chi connectivity index (χ3v) is 3.05. The summed E-state index contributed by atoms with van der Waals surface area (Å²) in [4.78, 5) is 11.7. The molecule has 0 radical (unpaired) electrons. The minimum atomic E-state index is -0.0680. The smallest absolute Gasteiger partial charge is 0.323 e. The van der Waals surface area contributed by atoms with E-state index < -0.39 is 0 Å². The second-order valence-electron chi connectivity index (χ2n) is 4.25. The lowest BCUT2D eigenvalue weighted by molar-refractivity contribution is -0.156. The molecule has 2 rings (SSSR count). The highest BCUT2D eigenvalue weighted by Crippen LogP contribution is 2.14. The van der Waals surface area contributed by atoms with Crippen LogP contribution in [-0.2, 0) is 14.3 Å². The molecule has 0 spiro atoms. The minimum Gasteiger partial charge on any atom is -0.461 e. The molecule has 2 heterocycles. The van der Waals surface area contributed by atoms with Gasteiger partial charge < -0.3 is 14.8 Å². The SMILES string of the molecule is O=C(OC1CCOCC1)[C@@H]1CCCCN1. The summed E-state index contributed by atoms with van der Waals surface area (Å²) in [5.74, 6) is -0.0680. The first-order valence-corrected chi connectivity index (χ1v) is 5.88. The fraction of sp³-hybridized carbons (Fsp3) is 0.909. The van der Waals surface area contributed by atoms with Crippen molar-refractivity contribution < 1.29 is 14.3 Å². The summed E-state index contributed by atoms with van der Waals surface area (Å²) < 4.78 is 10.7. The standard InChI is InChI=1S/C11H19NO3/c13-11(10-3-1-2-6-12-10)15-9-4-7-14-8-5-9/h9-10,12H,1-8H2/t10-/m0/s1. The first kappa shape index (κ1) is 10.9. The third-order valence-electron chi connectivity index (χ3n) is 3.05. The Hall–Kier alpha value is -0.610. The zero-order chi connectivity index (χ0) is 10.5. The van der Waals surface area contributed by atoms with Crippen molar-refractivity contribution in [2.24, 2.45) is 0 Å². The maximum atomic E-state index is 11.7. The molecule has 15 heavy (non-hydrogen) atoms. The van der Waals surface area contributed by atoms with Gasteiger partial charge in [-0.05, 0) is 19.4 Å². The molecule has 0 aromatic carbocycles. The van der Waals surface area contributed by atoms with Gasteiger partial charge in [0.25, 0.3) is 0 Å². The lowest BCUT2D eigenvalue weighted by Crippen LogP contribution is -2.43. The monoisotopic (exact) mass is 213 g/mol. The van der Waals surface area contributed by atoms with Crippen molar-refractivity contribution in [2.45, 2.75) is 44.2 Å². The molecule has 1 atom stereocenters. The van der Waals surface area contributed by atoms with Crippen LogP contribution in [0.15, 0.2) is 0 Å². The molecular formula is C11H19NO3. The van der Waals surface area contributed by atoms with Crippen molar-refractivity contribution in [3.63, 3.8) is 0 Å². The number of hydrogen-bond donors (Lipinski definition) is 1. The number of carbonyl (C=O) groups is 1. The van der Waals surface area contributed by atoms with Crippen molar-refractivity contribution in [3.05, 3.63) is 0 Å². The summed E-state index contributed by atoms with van der Waals surface area (Å²) in [6.07, 6.45) is 4.98. The van der Waals surface area contributed by atoms with Gasteiger partial charge >= 0.3 is 5.97 Å². The van der Waals surface area contributed by atoms with Crippen LogP contribution in [0.2, 0.25) is 0 Å². The van der Waals surface area contributed by atoms with Crippen LogP contribution in [0.25, 0.3) is 0 Å². The lowest BCUT2D eigenvalue weighted by atomic mass is 10.1. The molecule has 0 aliphatic carbocycles. The summed E-state index contributed by atoms with van der Waals surface area (Å²) in [5, 5.41) is 3.20. The van der Waals surface area contributed by atoms with E-state index in [-0.39, 0.29) is 18.1 Å². The second kappa shape index (κ2) is 5.47. The van der Waals surface area contributed by atoms with Gasteiger partial charge in [0.2, 0.25) is 0 Å². The number of rotatable bonds is 2. The fourth-order valence-electron chi connectivity index (χ4n) is 2.09.